The minimum atomic E-state index is -3.03. The van der Waals surface area contributed by atoms with Crippen molar-refractivity contribution in [2.75, 3.05) is 56.5 Å². The molecule has 0 bridgehead atoms. The van der Waals surface area contributed by atoms with Crippen LogP contribution in [0.1, 0.15) is 26.7 Å². The summed E-state index contributed by atoms with van der Waals surface area (Å²) in [5.74, 6) is 1.02. The van der Waals surface area contributed by atoms with E-state index in [1.54, 1.807) is 4.31 Å². The van der Waals surface area contributed by atoms with Gasteiger partial charge < -0.3 is 15.5 Å². The summed E-state index contributed by atoms with van der Waals surface area (Å²) in [6, 6.07) is 10.4. The third-order valence-electron chi connectivity index (χ3n) is 4.56. The van der Waals surface area contributed by atoms with Crippen LogP contribution in [-0.2, 0) is 10.0 Å². The molecule has 1 aliphatic rings. The Hall–Kier alpha value is -1.80. The van der Waals surface area contributed by atoms with Crippen molar-refractivity contribution < 1.29 is 8.42 Å². The molecular weight excluding hydrogens is 362 g/mol. The average Bonchev–Trinajstić information content (AvgIpc) is 3.00. The predicted octanol–water partition coefficient (Wildman–Crippen LogP) is 1.49. The highest BCUT2D eigenvalue weighted by Crippen LogP contribution is 2.13. The molecule has 0 amide bonds. The van der Waals surface area contributed by atoms with Gasteiger partial charge >= 0.3 is 0 Å². The van der Waals surface area contributed by atoms with Crippen LogP contribution in [-0.4, -0.2) is 70.2 Å². The maximum Gasteiger partial charge on any atom is 0.214 e. The number of nitrogens with one attached hydrogen (secondary N) is 2. The van der Waals surface area contributed by atoms with Crippen LogP contribution < -0.4 is 15.5 Å². The lowest BCUT2D eigenvalue weighted by Crippen LogP contribution is -2.42. The Morgan fingerprint density at radius 2 is 2.00 bits per heavy atom. The summed E-state index contributed by atoms with van der Waals surface area (Å²) in [7, 11) is -3.03. The highest BCUT2D eigenvalue weighted by atomic mass is 32.2. The van der Waals surface area contributed by atoms with Gasteiger partial charge in [-0.2, -0.15) is 0 Å². The molecule has 7 nitrogen and oxygen atoms in total. The van der Waals surface area contributed by atoms with E-state index in [1.807, 2.05) is 13.0 Å². The molecule has 1 saturated heterocycles. The highest BCUT2D eigenvalue weighted by Gasteiger charge is 2.27. The standard InChI is InChI=1S/C19H33N5O2S/c1-3-20-19(22-13-16-24-15-9-17-27(24,25)26)21-12-8-14-23(4-2)18-10-6-5-7-11-18/h5-7,10-11H,3-4,8-9,12-17H2,1-2H3,(H2,20,21,22). The number of aliphatic imine (C=N–C) groups is 1. The SMILES string of the molecule is CCNC(=NCCCN(CC)c1ccccc1)NCCN1CCCS1(=O)=O. The van der Waals surface area contributed by atoms with E-state index in [4.69, 9.17) is 0 Å². The van der Waals surface area contributed by atoms with E-state index in [0.29, 0.717) is 19.6 Å². The third-order valence-corrected chi connectivity index (χ3v) is 6.52. The molecule has 8 heteroatoms. The number of hydrogen-bond donors (Lipinski definition) is 2. The first-order valence-electron chi connectivity index (χ1n) is 9.86. The summed E-state index contributed by atoms with van der Waals surface area (Å²) in [6.45, 7) is 9.29. The molecular formula is C19H33N5O2S. The monoisotopic (exact) mass is 395 g/mol. The zero-order valence-corrected chi connectivity index (χ0v) is 17.3. The van der Waals surface area contributed by atoms with E-state index in [1.165, 1.54) is 5.69 Å². The molecule has 1 heterocycles. The Kier molecular flexibility index (Phi) is 8.87. The van der Waals surface area contributed by atoms with Crippen molar-refractivity contribution in [1.82, 2.24) is 14.9 Å². The molecule has 152 valence electrons. The van der Waals surface area contributed by atoms with Crippen molar-refractivity contribution in [1.29, 1.82) is 0 Å². The minimum Gasteiger partial charge on any atom is -0.372 e. The Bertz CT molecular complexity index is 679. The molecule has 0 radical (unpaired) electrons. The van der Waals surface area contributed by atoms with Gasteiger partial charge in [-0.3, -0.25) is 4.99 Å². The first kappa shape index (κ1) is 21.5. The number of benzene rings is 1. The van der Waals surface area contributed by atoms with E-state index in [9.17, 15) is 8.42 Å². The number of nitrogens with zero attached hydrogens (tertiary/aromatic N) is 3. The second kappa shape index (κ2) is 11.1. The van der Waals surface area contributed by atoms with Crippen molar-refractivity contribution in [2.24, 2.45) is 4.99 Å². The fraction of sp³-hybridized carbons (Fsp3) is 0.632. The first-order valence-corrected chi connectivity index (χ1v) is 11.5. The summed E-state index contributed by atoms with van der Waals surface area (Å²) in [5.41, 5.74) is 1.24. The van der Waals surface area contributed by atoms with Crippen LogP contribution in [0.5, 0.6) is 0 Å². The fourth-order valence-corrected chi connectivity index (χ4v) is 4.67. The van der Waals surface area contributed by atoms with Gasteiger partial charge in [-0.05, 0) is 38.8 Å². The van der Waals surface area contributed by atoms with Crippen LogP contribution in [0.3, 0.4) is 0 Å². The number of anilines is 1. The van der Waals surface area contributed by atoms with Crippen molar-refractivity contribution >= 4 is 21.7 Å². The highest BCUT2D eigenvalue weighted by molar-refractivity contribution is 7.89. The van der Waals surface area contributed by atoms with Gasteiger partial charge in [0.1, 0.15) is 0 Å². The van der Waals surface area contributed by atoms with Crippen LogP contribution in [0.15, 0.2) is 35.3 Å². The average molecular weight is 396 g/mol. The van der Waals surface area contributed by atoms with Crippen molar-refractivity contribution in [3.05, 3.63) is 30.3 Å². The molecule has 1 aromatic carbocycles. The van der Waals surface area contributed by atoms with Crippen LogP contribution in [0.2, 0.25) is 0 Å². The van der Waals surface area contributed by atoms with Gasteiger partial charge in [0, 0.05) is 51.5 Å². The van der Waals surface area contributed by atoms with E-state index in [-0.39, 0.29) is 5.75 Å². The molecule has 0 aromatic heterocycles. The molecule has 2 N–H and O–H groups in total. The van der Waals surface area contributed by atoms with Gasteiger partial charge in [0.05, 0.1) is 5.75 Å². The van der Waals surface area contributed by atoms with Gasteiger partial charge in [-0.25, -0.2) is 12.7 Å². The van der Waals surface area contributed by atoms with Gasteiger partial charge in [0.15, 0.2) is 5.96 Å². The number of para-hydroxylation sites is 1. The Morgan fingerprint density at radius 1 is 1.22 bits per heavy atom. The Morgan fingerprint density at radius 3 is 2.63 bits per heavy atom. The van der Waals surface area contributed by atoms with Gasteiger partial charge in [-0.15, -0.1) is 0 Å². The molecule has 0 spiro atoms. The molecule has 0 unspecified atom stereocenters. The second-order valence-corrected chi connectivity index (χ2v) is 8.61. The lowest BCUT2D eigenvalue weighted by atomic mass is 10.2. The van der Waals surface area contributed by atoms with E-state index < -0.39 is 10.0 Å². The largest absolute Gasteiger partial charge is 0.372 e. The lowest BCUT2D eigenvalue weighted by molar-refractivity contribution is 0.445. The predicted molar refractivity (Wildman–Crippen MR) is 113 cm³/mol. The quantitative estimate of drug-likeness (QED) is 0.357. The van der Waals surface area contributed by atoms with E-state index in [2.05, 4.69) is 51.7 Å². The summed E-state index contributed by atoms with van der Waals surface area (Å²) in [4.78, 5) is 6.96. The Labute approximate surface area is 163 Å². The lowest BCUT2D eigenvalue weighted by Gasteiger charge is -2.22. The third kappa shape index (κ3) is 7.03. The molecule has 0 aliphatic carbocycles. The number of guanidine groups is 1. The van der Waals surface area contributed by atoms with Gasteiger partial charge in [0.25, 0.3) is 0 Å². The number of sulfonamides is 1. The van der Waals surface area contributed by atoms with Crippen molar-refractivity contribution in [3.8, 4) is 0 Å². The van der Waals surface area contributed by atoms with Crippen molar-refractivity contribution in [2.45, 2.75) is 26.7 Å². The fourth-order valence-electron chi connectivity index (χ4n) is 3.14. The normalized spacial score (nSPS) is 17.0. The number of hydrogen-bond acceptors (Lipinski definition) is 4. The Balaban J connectivity index is 1.75. The minimum absolute atomic E-state index is 0.274. The van der Waals surface area contributed by atoms with Gasteiger partial charge in [0.2, 0.25) is 10.0 Å². The smallest absolute Gasteiger partial charge is 0.214 e. The maximum absolute atomic E-state index is 11.8. The first-order chi connectivity index (χ1) is 13.1. The van der Waals surface area contributed by atoms with E-state index in [0.717, 1.165) is 45.0 Å². The molecule has 1 aromatic rings. The van der Waals surface area contributed by atoms with Crippen LogP contribution in [0.25, 0.3) is 0 Å². The molecule has 27 heavy (non-hydrogen) atoms. The molecule has 1 fully saturated rings. The van der Waals surface area contributed by atoms with Crippen LogP contribution in [0, 0.1) is 0 Å². The molecule has 0 saturated carbocycles. The zero-order chi connectivity index (χ0) is 19.5. The summed E-state index contributed by atoms with van der Waals surface area (Å²) in [6.07, 6.45) is 1.69. The van der Waals surface area contributed by atoms with Crippen molar-refractivity contribution in [3.63, 3.8) is 0 Å². The zero-order valence-electron chi connectivity index (χ0n) is 16.5. The van der Waals surface area contributed by atoms with Gasteiger partial charge in [-0.1, -0.05) is 18.2 Å². The maximum atomic E-state index is 11.8. The second-order valence-electron chi connectivity index (χ2n) is 6.52. The topological polar surface area (TPSA) is 77.0 Å². The number of rotatable bonds is 10. The van der Waals surface area contributed by atoms with E-state index >= 15 is 0 Å². The summed E-state index contributed by atoms with van der Waals surface area (Å²) < 4.78 is 25.2. The molecule has 2 rings (SSSR count). The van der Waals surface area contributed by atoms with Crippen LogP contribution >= 0.6 is 0 Å². The molecule has 0 atom stereocenters. The van der Waals surface area contributed by atoms with Crippen LogP contribution in [0.4, 0.5) is 5.69 Å². The summed E-state index contributed by atoms with van der Waals surface area (Å²) >= 11 is 0. The summed E-state index contributed by atoms with van der Waals surface area (Å²) in [5, 5.41) is 6.46. The molecule has 1 aliphatic heterocycles.